The molecule has 2 unspecified atom stereocenters. The fourth-order valence-electron chi connectivity index (χ4n) is 3.04. The highest BCUT2D eigenvalue weighted by Crippen LogP contribution is 2.27. The lowest BCUT2D eigenvalue weighted by molar-refractivity contribution is 0.241. The number of nitrogens with one attached hydrogen (secondary N) is 2. The molecule has 2 rings (SSSR count). The Morgan fingerprint density at radius 1 is 1.27 bits per heavy atom. The average molecular weight is 210 g/mol. The van der Waals surface area contributed by atoms with Crippen LogP contribution in [-0.2, 0) is 0 Å². The van der Waals surface area contributed by atoms with E-state index in [0.717, 1.165) is 12.5 Å². The van der Waals surface area contributed by atoms with Crippen molar-refractivity contribution >= 4 is 0 Å². The van der Waals surface area contributed by atoms with E-state index >= 15 is 0 Å². The molecule has 0 aromatic carbocycles. The maximum absolute atomic E-state index is 3.81. The molecular weight excluding hydrogens is 184 g/mol. The summed E-state index contributed by atoms with van der Waals surface area (Å²) < 4.78 is 0. The van der Waals surface area contributed by atoms with Crippen LogP contribution in [0.3, 0.4) is 0 Å². The molecule has 2 N–H and O–H groups in total. The molecule has 0 amide bonds. The molecule has 0 aromatic heterocycles. The highest BCUT2D eigenvalue weighted by atomic mass is 15.0. The first kappa shape index (κ1) is 11.4. The van der Waals surface area contributed by atoms with Crippen LogP contribution in [0.25, 0.3) is 0 Å². The van der Waals surface area contributed by atoms with Crippen molar-refractivity contribution in [3.05, 3.63) is 0 Å². The average Bonchev–Trinajstić information content (AvgIpc) is 2.62. The van der Waals surface area contributed by atoms with Gasteiger partial charge in [-0.3, -0.25) is 0 Å². The summed E-state index contributed by atoms with van der Waals surface area (Å²) in [6.07, 6.45) is 8.36. The number of hydrogen-bond acceptors (Lipinski definition) is 2. The fraction of sp³-hybridized carbons (Fsp3) is 1.00. The second-order valence-corrected chi connectivity index (χ2v) is 5.83. The van der Waals surface area contributed by atoms with Crippen molar-refractivity contribution in [2.75, 3.05) is 13.1 Å². The van der Waals surface area contributed by atoms with Crippen LogP contribution in [0.15, 0.2) is 0 Å². The Morgan fingerprint density at radius 3 is 2.60 bits per heavy atom. The van der Waals surface area contributed by atoms with Gasteiger partial charge in [-0.05, 0) is 38.6 Å². The molecule has 2 fully saturated rings. The zero-order valence-corrected chi connectivity index (χ0v) is 10.3. The van der Waals surface area contributed by atoms with Crippen LogP contribution < -0.4 is 10.6 Å². The smallest absolute Gasteiger partial charge is 0.0218 e. The van der Waals surface area contributed by atoms with E-state index < -0.39 is 0 Å². The van der Waals surface area contributed by atoms with E-state index in [1.807, 2.05) is 0 Å². The molecule has 1 heterocycles. The lowest BCUT2D eigenvalue weighted by Gasteiger charge is -2.36. The Morgan fingerprint density at radius 2 is 2.00 bits per heavy atom. The zero-order valence-electron chi connectivity index (χ0n) is 10.3. The molecule has 1 saturated carbocycles. The van der Waals surface area contributed by atoms with Crippen LogP contribution in [0, 0.1) is 5.92 Å². The number of rotatable bonds is 3. The van der Waals surface area contributed by atoms with E-state index in [2.05, 4.69) is 24.5 Å². The van der Waals surface area contributed by atoms with Crippen molar-refractivity contribution in [1.82, 2.24) is 10.6 Å². The van der Waals surface area contributed by atoms with Gasteiger partial charge in [0.2, 0.25) is 0 Å². The Bertz CT molecular complexity index is 197. The molecule has 2 heteroatoms. The largest absolute Gasteiger partial charge is 0.312 e. The fourth-order valence-corrected chi connectivity index (χ4v) is 3.04. The van der Waals surface area contributed by atoms with Gasteiger partial charge in [-0.25, -0.2) is 0 Å². The van der Waals surface area contributed by atoms with Gasteiger partial charge in [0.1, 0.15) is 0 Å². The van der Waals surface area contributed by atoms with Crippen molar-refractivity contribution < 1.29 is 0 Å². The molecule has 1 saturated heterocycles. The number of hydrogen-bond donors (Lipinski definition) is 2. The third-order valence-corrected chi connectivity index (χ3v) is 4.40. The van der Waals surface area contributed by atoms with Gasteiger partial charge in [0, 0.05) is 18.1 Å². The minimum Gasteiger partial charge on any atom is -0.312 e. The molecular formula is C13H26N2. The molecule has 1 aliphatic heterocycles. The van der Waals surface area contributed by atoms with E-state index in [1.54, 1.807) is 0 Å². The van der Waals surface area contributed by atoms with Crippen molar-refractivity contribution in [2.45, 2.75) is 64.0 Å². The summed E-state index contributed by atoms with van der Waals surface area (Å²) >= 11 is 0. The standard InChI is InChI=1S/C13H26N2/c1-11-6-9-14-12(11)10-15-13(2)7-4-3-5-8-13/h11-12,14-15H,3-10H2,1-2H3. The van der Waals surface area contributed by atoms with Crippen LogP contribution in [0.2, 0.25) is 0 Å². The van der Waals surface area contributed by atoms with Gasteiger partial charge in [-0.2, -0.15) is 0 Å². The summed E-state index contributed by atoms with van der Waals surface area (Å²) in [5.74, 6) is 0.852. The second kappa shape index (κ2) is 4.84. The first-order valence-electron chi connectivity index (χ1n) is 6.68. The van der Waals surface area contributed by atoms with Gasteiger partial charge < -0.3 is 10.6 Å². The molecule has 88 valence electrons. The molecule has 2 aliphatic rings. The minimum atomic E-state index is 0.433. The van der Waals surface area contributed by atoms with E-state index in [9.17, 15) is 0 Å². The van der Waals surface area contributed by atoms with Crippen LogP contribution in [0.4, 0.5) is 0 Å². The molecule has 0 bridgehead atoms. The van der Waals surface area contributed by atoms with Crippen molar-refractivity contribution in [3.63, 3.8) is 0 Å². The Labute approximate surface area is 94.2 Å². The second-order valence-electron chi connectivity index (χ2n) is 5.83. The normalized spacial score (nSPS) is 35.6. The summed E-state index contributed by atoms with van der Waals surface area (Å²) in [6, 6.07) is 0.712. The summed E-state index contributed by atoms with van der Waals surface area (Å²) in [4.78, 5) is 0. The third-order valence-electron chi connectivity index (χ3n) is 4.40. The molecule has 0 spiro atoms. The quantitative estimate of drug-likeness (QED) is 0.747. The molecule has 1 aliphatic carbocycles. The predicted molar refractivity (Wildman–Crippen MR) is 65.1 cm³/mol. The first-order valence-corrected chi connectivity index (χ1v) is 6.68. The van der Waals surface area contributed by atoms with Gasteiger partial charge in [-0.1, -0.05) is 26.2 Å². The lowest BCUT2D eigenvalue weighted by atomic mass is 9.83. The van der Waals surface area contributed by atoms with Crippen LogP contribution >= 0.6 is 0 Å². The third kappa shape index (κ3) is 2.94. The van der Waals surface area contributed by atoms with E-state index in [1.165, 1.54) is 45.1 Å². The lowest BCUT2D eigenvalue weighted by Crippen LogP contribution is -2.49. The van der Waals surface area contributed by atoms with E-state index in [0.29, 0.717) is 11.6 Å². The molecule has 2 nitrogen and oxygen atoms in total. The monoisotopic (exact) mass is 210 g/mol. The Hall–Kier alpha value is -0.0800. The van der Waals surface area contributed by atoms with Gasteiger partial charge in [0.05, 0.1) is 0 Å². The highest BCUT2D eigenvalue weighted by molar-refractivity contribution is 4.90. The predicted octanol–water partition coefficient (Wildman–Crippen LogP) is 2.30. The minimum absolute atomic E-state index is 0.433. The Kier molecular flexibility index (Phi) is 3.68. The van der Waals surface area contributed by atoms with Crippen molar-refractivity contribution in [3.8, 4) is 0 Å². The van der Waals surface area contributed by atoms with Gasteiger partial charge >= 0.3 is 0 Å². The summed E-state index contributed by atoms with van der Waals surface area (Å²) in [7, 11) is 0. The van der Waals surface area contributed by atoms with E-state index in [4.69, 9.17) is 0 Å². The first-order chi connectivity index (χ1) is 7.20. The summed E-state index contributed by atoms with van der Waals surface area (Å²) in [6.45, 7) is 7.16. The van der Waals surface area contributed by atoms with Gasteiger partial charge in [0.15, 0.2) is 0 Å². The van der Waals surface area contributed by atoms with Gasteiger partial charge in [-0.15, -0.1) is 0 Å². The SMILES string of the molecule is CC1CCNC1CNC1(C)CCCCC1. The highest BCUT2D eigenvalue weighted by Gasteiger charge is 2.29. The molecule has 2 atom stereocenters. The maximum Gasteiger partial charge on any atom is 0.0218 e. The topological polar surface area (TPSA) is 24.1 Å². The van der Waals surface area contributed by atoms with Crippen molar-refractivity contribution in [1.29, 1.82) is 0 Å². The summed E-state index contributed by atoms with van der Waals surface area (Å²) in [5, 5.41) is 7.41. The van der Waals surface area contributed by atoms with Crippen LogP contribution in [0.5, 0.6) is 0 Å². The van der Waals surface area contributed by atoms with Crippen LogP contribution in [-0.4, -0.2) is 24.7 Å². The van der Waals surface area contributed by atoms with Crippen molar-refractivity contribution in [2.24, 2.45) is 5.92 Å². The Balaban J connectivity index is 1.76. The van der Waals surface area contributed by atoms with Gasteiger partial charge in [0.25, 0.3) is 0 Å². The molecule has 0 aromatic rings. The zero-order chi connectivity index (χ0) is 10.7. The van der Waals surface area contributed by atoms with E-state index in [-0.39, 0.29) is 0 Å². The van der Waals surface area contributed by atoms with Crippen LogP contribution in [0.1, 0.15) is 52.4 Å². The maximum atomic E-state index is 3.81. The summed E-state index contributed by atoms with van der Waals surface area (Å²) in [5.41, 5.74) is 0.433. The molecule has 15 heavy (non-hydrogen) atoms. The molecule has 0 radical (unpaired) electrons.